The van der Waals surface area contributed by atoms with Gasteiger partial charge < -0.3 is 9.67 Å². The monoisotopic (exact) mass is 246 g/mol. The van der Waals surface area contributed by atoms with Gasteiger partial charge in [-0.25, -0.2) is 4.79 Å². The van der Waals surface area contributed by atoms with Crippen LogP contribution >= 0.6 is 0 Å². The van der Waals surface area contributed by atoms with Gasteiger partial charge in [0.15, 0.2) is 0 Å². The lowest BCUT2D eigenvalue weighted by Gasteiger charge is -2.04. The van der Waals surface area contributed by atoms with Crippen LogP contribution in [0.25, 0.3) is 0 Å². The summed E-state index contributed by atoms with van der Waals surface area (Å²) in [5, 5.41) is 16.9. The number of carbonyl (C=O) groups is 1. The lowest BCUT2D eigenvalue weighted by Crippen LogP contribution is -2.09. The number of nitrogens with zero attached hydrogens (tertiary/aromatic N) is 2. The summed E-state index contributed by atoms with van der Waals surface area (Å²) in [6.45, 7) is 0.184. The molecule has 4 nitrogen and oxygen atoms in total. The molecule has 0 amide bonds. The predicted octanol–water partition coefficient (Wildman–Crippen LogP) is 2.51. The number of unbranched alkanes of at least 4 members (excludes halogenated alkanes) is 1. The first kappa shape index (κ1) is 13.1. The van der Waals surface area contributed by atoms with Crippen LogP contribution in [0, 0.1) is 11.3 Å². The predicted molar refractivity (Wildman–Crippen MR) is 51.2 cm³/mol. The van der Waals surface area contributed by atoms with Gasteiger partial charge in [-0.15, -0.1) is 0 Å². The third-order valence-corrected chi connectivity index (χ3v) is 2.12. The molecule has 1 N–H and O–H groups in total. The van der Waals surface area contributed by atoms with Gasteiger partial charge in [0.25, 0.3) is 0 Å². The number of alkyl halides is 3. The maximum Gasteiger partial charge on any atom is 0.418 e. The number of aryl methyl sites for hydroxylation is 1. The third kappa shape index (κ3) is 3.24. The third-order valence-electron chi connectivity index (χ3n) is 2.12. The maximum absolute atomic E-state index is 12.5. The Labute approximate surface area is 94.9 Å². The van der Waals surface area contributed by atoms with Gasteiger partial charge in [0.05, 0.1) is 17.2 Å². The highest BCUT2D eigenvalue weighted by Crippen LogP contribution is 2.32. The van der Waals surface area contributed by atoms with E-state index in [2.05, 4.69) is 0 Å². The summed E-state index contributed by atoms with van der Waals surface area (Å²) in [4.78, 5) is 10.6. The van der Waals surface area contributed by atoms with Crippen LogP contribution in [0.4, 0.5) is 13.2 Å². The van der Waals surface area contributed by atoms with Crippen LogP contribution in [-0.4, -0.2) is 15.6 Å². The van der Waals surface area contributed by atoms with E-state index in [1.54, 1.807) is 0 Å². The number of hydrogen-bond donors (Lipinski definition) is 1. The molecule has 0 aliphatic rings. The number of carboxylic acids is 1. The average molecular weight is 246 g/mol. The standard InChI is InChI=1S/C10H9F3N2O2/c11-10(12,13)8-6-15(4-2-1-3-14)5-7(8)9(16)17/h5-6H,1-2,4H2,(H,16,17). The zero-order valence-electron chi connectivity index (χ0n) is 8.66. The molecule has 0 atom stereocenters. The minimum absolute atomic E-state index is 0.184. The van der Waals surface area contributed by atoms with Gasteiger partial charge in [0, 0.05) is 25.4 Å². The number of carboxylic acid groups (broad SMARTS) is 1. The van der Waals surface area contributed by atoms with Crippen LogP contribution in [0.5, 0.6) is 0 Å². The highest BCUT2D eigenvalue weighted by molar-refractivity contribution is 5.89. The van der Waals surface area contributed by atoms with Crippen molar-refractivity contribution in [1.82, 2.24) is 4.57 Å². The quantitative estimate of drug-likeness (QED) is 0.830. The summed E-state index contributed by atoms with van der Waals surface area (Å²) in [6, 6.07) is 1.86. The van der Waals surface area contributed by atoms with Crippen LogP contribution in [-0.2, 0) is 12.7 Å². The van der Waals surface area contributed by atoms with E-state index in [1.165, 1.54) is 0 Å². The fourth-order valence-electron chi connectivity index (χ4n) is 1.37. The summed E-state index contributed by atoms with van der Waals surface area (Å²) in [6.07, 6.45) is -2.42. The van der Waals surface area contributed by atoms with E-state index in [1.807, 2.05) is 6.07 Å². The van der Waals surface area contributed by atoms with Crippen molar-refractivity contribution in [2.75, 3.05) is 0 Å². The average Bonchev–Trinajstić information content (AvgIpc) is 2.62. The Morgan fingerprint density at radius 1 is 1.47 bits per heavy atom. The molecule has 0 aliphatic carbocycles. The molecule has 0 radical (unpaired) electrons. The molecule has 1 rings (SSSR count). The van der Waals surface area contributed by atoms with Crippen LogP contribution in [0.1, 0.15) is 28.8 Å². The van der Waals surface area contributed by atoms with Crippen molar-refractivity contribution >= 4 is 5.97 Å². The minimum atomic E-state index is -4.69. The van der Waals surface area contributed by atoms with E-state index in [4.69, 9.17) is 10.4 Å². The molecule has 0 bridgehead atoms. The lowest BCUT2D eigenvalue weighted by atomic mass is 10.2. The molecule has 0 spiro atoms. The lowest BCUT2D eigenvalue weighted by molar-refractivity contribution is -0.138. The van der Waals surface area contributed by atoms with Crippen molar-refractivity contribution in [3.63, 3.8) is 0 Å². The number of aromatic nitrogens is 1. The van der Waals surface area contributed by atoms with E-state index < -0.39 is 23.3 Å². The first-order chi connectivity index (χ1) is 7.86. The molecule has 0 aliphatic heterocycles. The Hall–Kier alpha value is -1.97. The molecule has 1 aromatic heterocycles. The summed E-state index contributed by atoms with van der Waals surface area (Å²) in [5.74, 6) is -1.61. The van der Waals surface area contributed by atoms with E-state index in [-0.39, 0.29) is 13.0 Å². The van der Waals surface area contributed by atoms with Crippen LogP contribution in [0.15, 0.2) is 12.4 Å². The van der Waals surface area contributed by atoms with Crippen LogP contribution < -0.4 is 0 Å². The van der Waals surface area contributed by atoms with Crippen molar-refractivity contribution in [1.29, 1.82) is 5.26 Å². The summed E-state index contributed by atoms with van der Waals surface area (Å²) < 4.78 is 38.6. The van der Waals surface area contributed by atoms with Crippen molar-refractivity contribution < 1.29 is 23.1 Å². The second-order valence-electron chi connectivity index (χ2n) is 3.39. The summed E-state index contributed by atoms with van der Waals surface area (Å²) in [5.41, 5.74) is -1.93. The number of rotatable bonds is 4. The van der Waals surface area contributed by atoms with Gasteiger partial charge in [-0.2, -0.15) is 18.4 Å². The SMILES string of the molecule is N#CCCCn1cc(C(=O)O)c(C(F)(F)F)c1. The molecular formula is C10H9F3N2O2. The first-order valence-corrected chi connectivity index (χ1v) is 4.73. The number of nitriles is 1. The molecule has 0 saturated heterocycles. The summed E-state index contributed by atoms with van der Waals surface area (Å²) >= 11 is 0. The van der Waals surface area contributed by atoms with E-state index in [0.29, 0.717) is 6.42 Å². The second-order valence-corrected chi connectivity index (χ2v) is 3.39. The van der Waals surface area contributed by atoms with E-state index in [9.17, 15) is 18.0 Å². The maximum atomic E-state index is 12.5. The molecule has 7 heteroatoms. The Morgan fingerprint density at radius 3 is 2.53 bits per heavy atom. The molecular weight excluding hydrogens is 237 g/mol. The summed E-state index contributed by atoms with van der Waals surface area (Å²) in [7, 11) is 0. The largest absolute Gasteiger partial charge is 0.478 e. The number of halogens is 3. The molecule has 1 aromatic rings. The second kappa shape index (κ2) is 4.91. The number of hydrogen-bond acceptors (Lipinski definition) is 2. The van der Waals surface area contributed by atoms with Crippen LogP contribution in [0.2, 0.25) is 0 Å². The molecule has 0 unspecified atom stereocenters. The highest BCUT2D eigenvalue weighted by atomic mass is 19.4. The van der Waals surface area contributed by atoms with Gasteiger partial charge in [-0.1, -0.05) is 0 Å². The van der Waals surface area contributed by atoms with Crippen molar-refractivity contribution in [2.45, 2.75) is 25.6 Å². The molecule has 0 aromatic carbocycles. The van der Waals surface area contributed by atoms with Crippen molar-refractivity contribution in [3.8, 4) is 6.07 Å². The molecule has 17 heavy (non-hydrogen) atoms. The molecule has 0 saturated carbocycles. The minimum Gasteiger partial charge on any atom is -0.478 e. The fourth-order valence-corrected chi connectivity index (χ4v) is 1.37. The molecule has 1 heterocycles. The molecule has 92 valence electrons. The van der Waals surface area contributed by atoms with Crippen molar-refractivity contribution in [3.05, 3.63) is 23.5 Å². The molecule has 0 fully saturated rings. The van der Waals surface area contributed by atoms with E-state index in [0.717, 1.165) is 17.0 Å². The number of aromatic carboxylic acids is 1. The topological polar surface area (TPSA) is 66.0 Å². The van der Waals surface area contributed by atoms with Crippen LogP contribution in [0.3, 0.4) is 0 Å². The Bertz CT molecular complexity index is 457. The smallest absolute Gasteiger partial charge is 0.418 e. The van der Waals surface area contributed by atoms with Gasteiger partial charge in [-0.05, 0) is 6.42 Å². The van der Waals surface area contributed by atoms with Crippen molar-refractivity contribution in [2.24, 2.45) is 0 Å². The van der Waals surface area contributed by atoms with Gasteiger partial charge >= 0.3 is 12.1 Å². The highest BCUT2D eigenvalue weighted by Gasteiger charge is 2.36. The first-order valence-electron chi connectivity index (χ1n) is 4.73. The Morgan fingerprint density at radius 2 is 2.12 bits per heavy atom. The normalized spacial score (nSPS) is 11.2. The fraction of sp³-hybridized carbons (Fsp3) is 0.400. The van der Waals surface area contributed by atoms with Gasteiger partial charge in [0.1, 0.15) is 0 Å². The Kier molecular flexibility index (Phi) is 3.78. The zero-order valence-corrected chi connectivity index (χ0v) is 8.66. The van der Waals surface area contributed by atoms with Gasteiger partial charge in [0.2, 0.25) is 0 Å². The zero-order chi connectivity index (χ0) is 13.1. The Balaban J connectivity index is 2.97. The van der Waals surface area contributed by atoms with E-state index >= 15 is 0 Å². The van der Waals surface area contributed by atoms with Gasteiger partial charge in [-0.3, -0.25) is 0 Å².